The maximum atomic E-state index is 11.7. The van der Waals surface area contributed by atoms with Gasteiger partial charge in [0.2, 0.25) is 5.91 Å². The number of rotatable bonds is 6. The first kappa shape index (κ1) is 12.7. The standard InChI is InChI=1S/C13H20N2O/c1-11(6-5-9-14)13(16)15-10-12-7-3-2-4-8-12/h2-4,7-8,11H,5-6,9-10,14H2,1H3,(H,15,16). The maximum absolute atomic E-state index is 11.7. The summed E-state index contributed by atoms with van der Waals surface area (Å²) in [6.45, 7) is 3.19. The third kappa shape index (κ3) is 4.45. The highest BCUT2D eigenvalue weighted by Gasteiger charge is 2.11. The van der Waals surface area contributed by atoms with Crippen LogP contribution in [0.4, 0.5) is 0 Å². The van der Waals surface area contributed by atoms with Crippen LogP contribution in [-0.4, -0.2) is 12.5 Å². The molecule has 3 nitrogen and oxygen atoms in total. The molecule has 16 heavy (non-hydrogen) atoms. The SMILES string of the molecule is CC(CCCN)C(=O)NCc1ccccc1. The van der Waals surface area contributed by atoms with E-state index >= 15 is 0 Å². The van der Waals surface area contributed by atoms with Crippen molar-refractivity contribution in [2.75, 3.05) is 6.54 Å². The molecule has 0 radical (unpaired) electrons. The minimum absolute atomic E-state index is 0.0484. The van der Waals surface area contributed by atoms with Crippen molar-refractivity contribution in [3.05, 3.63) is 35.9 Å². The molecule has 0 saturated heterocycles. The van der Waals surface area contributed by atoms with E-state index in [1.165, 1.54) is 0 Å². The smallest absolute Gasteiger partial charge is 0.223 e. The van der Waals surface area contributed by atoms with Crippen LogP contribution in [0.3, 0.4) is 0 Å². The van der Waals surface area contributed by atoms with Crippen LogP contribution in [0.2, 0.25) is 0 Å². The third-order valence-electron chi connectivity index (χ3n) is 2.60. The van der Waals surface area contributed by atoms with Gasteiger partial charge in [-0.05, 0) is 24.9 Å². The Hall–Kier alpha value is -1.35. The molecule has 0 heterocycles. The molecule has 1 aromatic rings. The molecule has 0 spiro atoms. The summed E-state index contributed by atoms with van der Waals surface area (Å²) >= 11 is 0. The monoisotopic (exact) mass is 220 g/mol. The van der Waals surface area contributed by atoms with Crippen molar-refractivity contribution in [1.29, 1.82) is 0 Å². The van der Waals surface area contributed by atoms with E-state index in [9.17, 15) is 4.79 Å². The normalized spacial score (nSPS) is 12.1. The Morgan fingerprint density at radius 2 is 2.06 bits per heavy atom. The van der Waals surface area contributed by atoms with Gasteiger partial charge in [0.15, 0.2) is 0 Å². The minimum Gasteiger partial charge on any atom is -0.352 e. The van der Waals surface area contributed by atoms with Gasteiger partial charge in [0.1, 0.15) is 0 Å². The molecule has 0 aromatic heterocycles. The number of benzene rings is 1. The molecule has 0 saturated carbocycles. The summed E-state index contributed by atoms with van der Waals surface area (Å²) in [5, 5.41) is 2.93. The second-order valence-electron chi connectivity index (χ2n) is 4.04. The highest BCUT2D eigenvalue weighted by atomic mass is 16.1. The maximum Gasteiger partial charge on any atom is 0.223 e. The van der Waals surface area contributed by atoms with Crippen molar-refractivity contribution in [2.45, 2.75) is 26.3 Å². The van der Waals surface area contributed by atoms with Crippen LogP contribution in [0.15, 0.2) is 30.3 Å². The Labute approximate surface area is 97.0 Å². The van der Waals surface area contributed by atoms with Crippen LogP contribution in [0.5, 0.6) is 0 Å². The first-order valence-corrected chi connectivity index (χ1v) is 5.75. The van der Waals surface area contributed by atoms with Gasteiger partial charge in [-0.3, -0.25) is 4.79 Å². The Balaban J connectivity index is 2.29. The van der Waals surface area contributed by atoms with E-state index in [1.807, 2.05) is 37.3 Å². The summed E-state index contributed by atoms with van der Waals surface area (Å²) in [6, 6.07) is 9.92. The molecule has 1 rings (SSSR count). The van der Waals surface area contributed by atoms with Crippen LogP contribution < -0.4 is 11.1 Å². The molecule has 1 amide bonds. The Kier molecular flexibility index (Phi) is 5.57. The van der Waals surface area contributed by atoms with E-state index < -0.39 is 0 Å². The van der Waals surface area contributed by atoms with Gasteiger partial charge in [-0.25, -0.2) is 0 Å². The van der Waals surface area contributed by atoms with Gasteiger partial charge in [0.25, 0.3) is 0 Å². The van der Waals surface area contributed by atoms with Crippen molar-refractivity contribution >= 4 is 5.91 Å². The fraction of sp³-hybridized carbons (Fsp3) is 0.462. The third-order valence-corrected chi connectivity index (χ3v) is 2.60. The fourth-order valence-electron chi connectivity index (χ4n) is 1.51. The van der Waals surface area contributed by atoms with Crippen LogP contribution in [0.1, 0.15) is 25.3 Å². The summed E-state index contributed by atoms with van der Waals surface area (Å²) in [6.07, 6.45) is 1.76. The van der Waals surface area contributed by atoms with E-state index in [0.717, 1.165) is 18.4 Å². The van der Waals surface area contributed by atoms with E-state index in [1.54, 1.807) is 0 Å². The molecular formula is C13H20N2O. The zero-order chi connectivity index (χ0) is 11.8. The van der Waals surface area contributed by atoms with Gasteiger partial charge in [-0.1, -0.05) is 37.3 Å². The molecule has 1 unspecified atom stereocenters. The Morgan fingerprint density at radius 1 is 1.38 bits per heavy atom. The number of nitrogens with two attached hydrogens (primary N) is 1. The molecular weight excluding hydrogens is 200 g/mol. The predicted molar refractivity (Wildman–Crippen MR) is 65.7 cm³/mol. The second-order valence-corrected chi connectivity index (χ2v) is 4.04. The van der Waals surface area contributed by atoms with Crippen molar-refractivity contribution < 1.29 is 4.79 Å². The van der Waals surface area contributed by atoms with Gasteiger partial charge in [0, 0.05) is 12.5 Å². The molecule has 0 aliphatic heterocycles. The number of hydrogen-bond donors (Lipinski definition) is 2. The minimum atomic E-state index is 0.0484. The predicted octanol–water partition coefficient (Wildman–Crippen LogP) is 1.68. The molecule has 3 N–H and O–H groups in total. The molecule has 0 fully saturated rings. The summed E-state index contributed by atoms with van der Waals surface area (Å²) in [5.74, 6) is 0.157. The van der Waals surface area contributed by atoms with Crippen molar-refractivity contribution in [2.24, 2.45) is 11.7 Å². The lowest BCUT2D eigenvalue weighted by molar-refractivity contribution is -0.124. The molecule has 0 aliphatic rings. The van der Waals surface area contributed by atoms with Crippen LogP contribution in [0.25, 0.3) is 0 Å². The van der Waals surface area contributed by atoms with Gasteiger partial charge in [0.05, 0.1) is 0 Å². The largest absolute Gasteiger partial charge is 0.352 e. The number of carbonyl (C=O) groups is 1. The molecule has 1 atom stereocenters. The summed E-state index contributed by atoms with van der Waals surface area (Å²) < 4.78 is 0. The number of nitrogens with one attached hydrogen (secondary N) is 1. The summed E-state index contributed by atoms with van der Waals surface area (Å²) in [5.41, 5.74) is 6.54. The average molecular weight is 220 g/mol. The topological polar surface area (TPSA) is 55.1 Å². The average Bonchev–Trinajstić information content (AvgIpc) is 2.34. The van der Waals surface area contributed by atoms with Crippen molar-refractivity contribution in [3.63, 3.8) is 0 Å². The molecule has 0 aliphatic carbocycles. The Bertz CT molecular complexity index is 311. The summed E-state index contributed by atoms with van der Waals surface area (Å²) in [4.78, 5) is 11.7. The zero-order valence-corrected chi connectivity index (χ0v) is 9.78. The fourth-order valence-corrected chi connectivity index (χ4v) is 1.51. The lowest BCUT2D eigenvalue weighted by atomic mass is 10.0. The van der Waals surface area contributed by atoms with Crippen LogP contribution in [-0.2, 0) is 11.3 Å². The quantitative estimate of drug-likeness (QED) is 0.766. The van der Waals surface area contributed by atoms with Gasteiger partial charge in [-0.2, -0.15) is 0 Å². The second kappa shape index (κ2) is 7.01. The lowest BCUT2D eigenvalue weighted by Gasteiger charge is -2.11. The molecule has 3 heteroatoms. The van der Waals surface area contributed by atoms with Gasteiger partial charge in [-0.15, -0.1) is 0 Å². The molecule has 88 valence electrons. The number of amides is 1. The van der Waals surface area contributed by atoms with E-state index in [2.05, 4.69) is 5.32 Å². The Morgan fingerprint density at radius 3 is 2.69 bits per heavy atom. The molecule has 0 bridgehead atoms. The van der Waals surface area contributed by atoms with E-state index in [4.69, 9.17) is 5.73 Å². The molecule has 1 aromatic carbocycles. The van der Waals surface area contributed by atoms with Gasteiger partial charge < -0.3 is 11.1 Å². The van der Waals surface area contributed by atoms with Crippen molar-refractivity contribution in [1.82, 2.24) is 5.32 Å². The zero-order valence-electron chi connectivity index (χ0n) is 9.78. The van der Waals surface area contributed by atoms with E-state index in [0.29, 0.717) is 13.1 Å². The lowest BCUT2D eigenvalue weighted by Crippen LogP contribution is -2.29. The first-order valence-electron chi connectivity index (χ1n) is 5.75. The van der Waals surface area contributed by atoms with Crippen molar-refractivity contribution in [3.8, 4) is 0 Å². The first-order chi connectivity index (χ1) is 7.74. The highest BCUT2D eigenvalue weighted by Crippen LogP contribution is 2.05. The van der Waals surface area contributed by atoms with Crippen LogP contribution >= 0.6 is 0 Å². The number of carbonyl (C=O) groups excluding carboxylic acids is 1. The highest BCUT2D eigenvalue weighted by molar-refractivity contribution is 5.78. The number of hydrogen-bond acceptors (Lipinski definition) is 2. The van der Waals surface area contributed by atoms with Gasteiger partial charge >= 0.3 is 0 Å². The summed E-state index contributed by atoms with van der Waals surface area (Å²) in [7, 11) is 0. The van der Waals surface area contributed by atoms with E-state index in [-0.39, 0.29) is 11.8 Å². The van der Waals surface area contributed by atoms with Crippen LogP contribution in [0, 0.1) is 5.92 Å².